The highest BCUT2D eigenvalue weighted by Crippen LogP contribution is 2.27. The number of methoxy groups -OCH3 is 2. The fourth-order valence-corrected chi connectivity index (χ4v) is 1.81. The maximum absolute atomic E-state index is 11.5. The van der Waals surface area contributed by atoms with E-state index in [1.54, 1.807) is 32.9 Å². The van der Waals surface area contributed by atoms with Crippen LogP contribution in [0.5, 0.6) is 11.5 Å². The number of carbonyl (C=O) groups excluding carboxylic acids is 2. The number of carbonyl (C=O) groups is 2. The van der Waals surface area contributed by atoms with E-state index in [4.69, 9.17) is 14.2 Å². The van der Waals surface area contributed by atoms with E-state index in [1.807, 2.05) is 0 Å². The van der Waals surface area contributed by atoms with Crippen LogP contribution >= 0.6 is 0 Å². The zero-order valence-electron chi connectivity index (χ0n) is 14.7. The number of ether oxygens (including phenoxy) is 3. The lowest BCUT2D eigenvalue weighted by atomic mass is 10.1. The lowest BCUT2D eigenvalue weighted by molar-refractivity contribution is 0.0529. The molecule has 0 unspecified atom stereocenters. The number of hydrogen-bond donors (Lipinski definition) is 1. The van der Waals surface area contributed by atoms with Gasteiger partial charge in [0.15, 0.2) is 6.29 Å². The molecule has 1 N–H and O–H groups in total. The van der Waals surface area contributed by atoms with Crippen LogP contribution in [0.25, 0.3) is 0 Å². The van der Waals surface area contributed by atoms with Crippen molar-refractivity contribution in [3.8, 4) is 23.3 Å². The summed E-state index contributed by atoms with van der Waals surface area (Å²) < 4.78 is 15.5. The van der Waals surface area contributed by atoms with Crippen LogP contribution in [-0.4, -0.2) is 38.7 Å². The Kier molecular flexibility index (Phi) is 7.12. The van der Waals surface area contributed by atoms with Crippen LogP contribution in [0.2, 0.25) is 0 Å². The molecule has 0 saturated heterocycles. The van der Waals surface area contributed by atoms with E-state index in [0.717, 1.165) is 0 Å². The summed E-state index contributed by atoms with van der Waals surface area (Å²) in [5.41, 5.74) is 0.476. The van der Waals surface area contributed by atoms with Crippen molar-refractivity contribution in [1.82, 2.24) is 5.32 Å². The van der Waals surface area contributed by atoms with E-state index in [1.165, 1.54) is 14.2 Å². The number of alkyl carbamates (subject to hydrolysis) is 1. The Morgan fingerprint density at radius 2 is 1.88 bits per heavy atom. The quantitative estimate of drug-likeness (QED) is 0.509. The molecule has 6 nitrogen and oxygen atoms in total. The first-order valence-electron chi connectivity index (χ1n) is 7.47. The zero-order valence-corrected chi connectivity index (χ0v) is 14.7. The summed E-state index contributed by atoms with van der Waals surface area (Å²) in [7, 11) is 2.99. The molecule has 0 atom stereocenters. The Hall–Kier alpha value is -2.68. The second-order valence-corrected chi connectivity index (χ2v) is 5.89. The number of nitrogens with one attached hydrogen (secondary N) is 1. The Balaban J connectivity index is 2.69. The molecule has 0 aliphatic heterocycles. The average molecular weight is 333 g/mol. The molecule has 0 aromatic heterocycles. The number of benzene rings is 1. The molecule has 0 bridgehead atoms. The summed E-state index contributed by atoms with van der Waals surface area (Å²) in [6.45, 7) is 5.77. The Labute approximate surface area is 142 Å². The fourth-order valence-electron chi connectivity index (χ4n) is 1.81. The Bertz CT molecular complexity index is 650. The number of rotatable bonds is 5. The average Bonchev–Trinajstić information content (AvgIpc) is 2.52. The van der Waals surface area contributed by atoms with Gasteiger partial charge < -0.3 is 19.5 Å². The number of hydrogen-bond acceptors (Lipinski definition) is 5. The van der Waals surface area contributed by atoms with Crippen LogP contribution < -0.4 is 14.8 Å². The molecule has 0 aliphatic rings. The van der Waals surface area contributed by atoms with Crippen molar-refractivity contribution >= 4 is 12.4 Å². The van der Waals surface area contributed by atoms with Crippen LogP contribution in [0.15, 0.2) is 12.1 Å². The highest BCUT2D eigenvalue weighted by molar-refractivity contribution is 5.81. The van der Waals surface area contributed by atoms with Crippen LogP contribution in [0.4, 0.5) is 4.79 Å². The first kappa shape index (κ1) is 19.4. The molecule has 130 valence electrons. The van der Waals surface area contributed by atoms with E-state index in [2.05, 4.69) is 17.2 Å². The lowest BCUT2D eigenvalue weighted by Gasteiger charge is -2.19. The molecule has 0 fully saturated rings. The molecule has 0 aliphatic carbocycles. The van der Waals surface area contributed by atoms with Gasteiger partial charge in [-0.05, 0) is 26.8 Å². The van der Waals surface area contributed by atoms with E-state index in [9.17, 15) is 9.59 Å². The second-order valence-electron chi connectivity index (χ2n) is 5.89. The third kappa shape index (κ3) is 6.21. The minimum Gasteiger partial charge on any atom is -0.496 e. The van der Waals surface area contributed by atoms with Crippen molar-refractivity contribution < 1.29 is 23.8 Å². The van der Waals surface area contributed by atoms with Gasteiger partial charge in [0, 0.05) is 19.0 Å². The SMILES string of the molecule is COc1cc(C=O)c(OC)cc1C#CCCNC(=O)OC(C)(C)C. The molecule has 1 aromatic rings. The molecule has 1 amide bonds. The van der Waals surface area contributed by atoms with Crippen molar-refractivity contribution in [3.63, 3.8) is 0 Å². The molecule has 0 radical (unpaired) electrons. The van der Waals surface area contributed by atoms with Gasteiger partial charge in [0.2, 0.25) is 0 Å². The minimum atomic E-state index is -0.528. The lowest BCUT2D eigenvalue weighted by Crippen LogP contribution is -2.32. The van der Waals surface area contributed by atoms with Crippen LogP contribution in [0.3, 0.4) is 0 Å². The molecular weight excluding hydrogens is 310 g/mol. The first-order chi connectivity index (χ1) is 11.3. The fraction of sp³-hybridized carbons (Fsp3) is 0.444. The Morgan fingerprint density at radius 3 is 2.42 bits per heavy atom. The largest absolute Gasteiger partial charge is 0.496 e. The molecule has 0 spiro atoms. The summed E-state index contributed by atoms with van der Waals surface area (Å²) in [6, 6.07) is 3.23. The van der Waals surface area contributed by atoms with E-state index in [-0.39, 0.29) is 0 Å². The standard InChI is InChI=1S/C18H23NO5/c1-18(2,3)24-17(21)19-9-7-6-8-13-10-16(23-5)14(12-20)11-15(13)22-4/h10-12H,7,9H2,1-5H3,(H,19,21). The van der Waals surface area contributed by atoms with Gasteiger partial charge >= 0.3 is 6.09 Å². The summed E-state index contributed by atoms with van der Waals surface area (Å²) in [6.07, 6.45) is 0.669. The van der Waals surface area contributed by atoms with Gasteiger partial charge in [-0.15, -0.1) is 0 Å². The summed E-state index contributed by atoms with van der Waals surface area (Å²) >= 11 is 0. The zero-order chi connectivity index (χ0) is 18.2. The van der Waals surface area contributed by atoms with Gasteiger partial charge in [-0.2, -0.15) is 0 Å². The highest BCUT2D eigenvalue weighted by Gasteiger charge is 2.15. The minimum absolute atomic E-state index is 0.369. The van der Waals surface area contributed by atoms with E-state index >= 15 is 0 Å². The third-order valence-corrected chi connectivity index (χ3v) is 2.82. The van der Waals surface area contributed by atoms with Crippen molar-refractivity contribution in [3.05, 3.63) is 23.3 Å². The predicted octanol–water partition coefficient (Wildman–Crippen LogP) is 2.78. The molecular formula is C18H23NO5. The van der Waals surface area contributed by atoms with Gasteiger partial charge in [-0.1, -0.05) is 11.8 Å². The smallest absolute Gasteiger partial charge is 0.407 e. The molecule has 1 rings (SSSR count). The van der Waals surface area contributed by atoms with Crippen LogP contribution in [0.1, 0.15) is 43.1 Å². The van der Waals surface area contributed by atoms with Gasteiger partial charge in [-0.3, -0.25) is 4.79 Å². The van der Waals surface area contributed by atoms with E-state index < -0.39 is 11.7 Å². The summed E-state index contributed by atoms with van der Waals surface area (Å²) in [5, 5.41) is 2.63. The van der Waals surface area contributed by atoms with E-state index in [0.29, 0.717) is 41.9 Å². The molecule has 0 saturated carbocycles. The monoisotopic (exact) mass is 333 g/mol. The number of amides is 1. The van der Waals surface area contributed by atoms with Crippen LogP contribution in [0, 0.1) is 11.8 Å². The third-order valence-electron chi connectivity index (χ3n) is 2.82. The summed E-state index contributed by atoms with van der Waals surface area (Å²) in [4.78, 5) is 22.5. The number of aldehydes is 1. The molecule has 1 aromatic carbocycles. The van der Waals surface area contributed by atoms with Crippen molar-refractivity contribution in [1.29, 1.82) is 0 Å². The van der Waals surface area contributed by atoms with Gasteiger partial charge in [0.25, 0.3) is 0 Å². The van der Waals surface area contributed by atoms with Gasteiger partial charge in [0.05, 0.1) is 25.3 Å². The van der Waals surface area contributed by atoms with Gasteiger partial charge in [0.1, 0.15) is 17.1 Å². The molecule has 6 heteroatoms. The van der Waals surface area contributed by atoms with Crippen molar-refractivity contribution in [2.75, 3.05) is 20.8 Å². The maximum Gasteiger partial charge on any atom is 0.407 e. The normalized spacial score (nSPS) is 10.2. The molecule has 0 heterocycles. The Morgan fingerprint density at radius 1 is 1.21 bits per heavy atom. The van der Waals surface area contributed by atoms with Crippen molar-refractivity contribution in [2.24, 2.45) is 0 Å². The second kappa shape index (κ2) is 8.82. The van der Waals surface area contributed by atoms with Gasteiger partial charge in [-0.25, -0.2) is 4.79 Å². The predicted molar refractivity (Wildman–Crippen MR) is 90.7 cm³/mol. The molecule has 24 heavy (non-hydrogen) atoms. The summed E-state index contributed by atoms with van der Waals surface area (Å²) in [5.74, 6) is 6.81. The van der Waals surface area contributed by atoms with Crippen LogP contribution in [-0.2, 0) is 4.74 Å². The highest BCUT2D eigenvalue weighted by atomic mass is 16.6. The topological polar surface area (TPSA) is 73.9 Å². The first-order valence-corrected chi connectivity index (χ1v) is 7.47. The maximum atomic E-state index is 11.5. The van der Waals surface area contributed by atoms with Crippen molar-refractivity contribution in [2.45, 2.75) is 32.8 Å².